The Morgan fingerprint density at radius 2 is 1.75 bits per heavy atom. The van der Waals surface area contributed by atoms with Gasteiger partial charge in [0, 0.05) is 35.1 Å². The van der Waals surface area contributed by atoms with Gasteiger partial charge in [-0.1, -0.05) is 54.9 Å². The Bertz CT molecular complexity index is 1120. The summed E-state index contributed by atoms with van der Waals surface area (Å²) >= 11 is 6.33. The highest BCUT2D eigenvalue weighted by Crippen LogP contribution is 2.31. The Hall–Kier alpha value is -3.51. The van der Waals surface area contributed by atoms with Gasteiger partial charge in [-0.05, 0) is 48.4 Å². The number of rotatable bonds is 5. The number of anilines is 2. The van der Waals surface area contributed by atoms with E-state index in [9.17, 15) is 9.59 Å². The molecule has 164 valence electrons. The van der Waals surface area contributed by atoms with E-state index in [-0.39, 0.29) is 11.9 Å². The lowest BCUT2D eigenvalue weighted by Gasteiger charge is -2.23. The third-order valence-electron chi connectivity index (χ3n) is 5.26. The molecule has 3 aromatic carbocycles. The topological polar surface area (TPSA) is 70.7 Å². The molecule has 6 nitrogen and oxygen atoms in total. The SMILES string of the molecule is CCC1Oc2ccc(NC(=O)Nc3ccccc3)cc2CN(Cc2ccccc2Cl)C1=O. The summed E-state index contributed by atoms with van der Waals surface area (Å²) in [6.07, 6.45) is -0.0181. The molecule has 1 aliphatic heterocycles. The van der Waals surface area contributed by atoms with Crippen molar-refractivity contribution in [2.45, 2.75) is 32.5 Å². The minimum absolute atomic E-state index is 0.0834. The smallest absolute Gasteiger partial charge is 0.323 e. The number of hydrogen-bond donors (Lipinski definition) is 2. The Balaban J connectivity index is 1.55. The first kappa shape index (κ1) is 21.7. The molecule has 0 aromatic heterocycles. The second-order valence-corrected chi connectivity index (χ2v) is 7.98. The first-order valence-corrected chi connectivity index (χ1v) is 10.9. The van der Waals surface area contributed by atoms with Gasteiger partial charge in [0.05, 0.1) is 0 Å². The lowest BCUT2D eigenvalue weighted by Crippen LogP contribution is -2.38. The van der Waals surface area contributed by atoms with Crippen molar-refractivity contribution in [2.75, 3.05) is 10.6 Å². The third kappa shape index (κ3) is 5.03. The van der Waals surface area contributed by atoms with Crippen molar-refractivity contribution in [3.63, 3.8) is 0 Å². The molecule has 3 amide bonds. The van der Waals surface area contributed by atoms with Crippen LogP contribution in [0.25, 0.3) is 0 Å². The van der Waals surface area contributed by atoms with Crippen LogP contribution in [-0.2, 0) is 17.9 Å². The van der Waals surface area contributed by atoms with Gasteiger partial charge in [-0.2, -0.15) is 0 Å². The van der Waals surface area contributed by atoms with Crippen molar-refractivity contribution in [1.82, 2.24) is 4.90 Å². The largest absolute Gasteiger partial charge is 0.480 e. The highest BCUT2D eigenvalue weighted by Gasteiger charge is 2.30. The summed E-state index contributed by atoms with van der Waals surface area (Å²) in [7, 11) is 0. The van der Waals surface area contributed by atoms with E-state index >= 15 is 0 Å². The summed E-state index contributed by atoms with van der Waals surface area (Å²) in [5.41, 5.74) is 3.00. The average Bonchev–Trinajstić information content (AvgIpc) is 2.92. The van der Waals surface area contributed by atoms with E-state index in [2.05, 4.69) is 10.6 Å². The van der Waals surface area contributed by atoms with Crippen molar-refractivity contribution in [3.8, 4) is 5.75 Å². The molecule has 1 aliphatic rings. The molecule has 1 atom stereocenters. The van der Waals surface area contributed by atoms with Crippen LogP contribution in [0.4, 0.5) is 16.2 Å². The van der Waals surface area contributed by atoms with Crippen molar-refractivity contribution in [2.24, 2.45) is 0 Å². The number of para-hydroxylation sites is 1. The number of carbonyl (C=O) groups is 2. The van der Waals surface area contributed by atoms with Gasteiger partial charge in [-0.15, -0.1) is 0 Å². The van der Waals surface area contributed by atoms with Gasteiger partial charge >= 0.3 is 6.03 Å². The van der Waals surface area contributed by atoms with E-state index in [0.29, 0.717) is 41.7 Å². The van der Waals surface area contributed by atoms with Crippen molar-refractivity contribution < 1.29 is 14.3 Å². The predicted octanol–water partition coefficient (Wildman–Crippen LogP) is 5.68. The molecule has 7 heteroatoms. The molecule has 3 aromatic rings. The molecule has 0 saturated carbocycles. The van der Waals surface area contributed by atoms with Crippen LogP contribution < -0.4 is 15.4 Å². The number of nitrogens with one attached hydrogen (secondary N) is 2. The predicted molar refractivity (Wildman–Crippen MR) is 126 cm³/mol. The highest BCUT2D eigenvalue weighted by atomic mass is 35.5. The zero-order valence-electron chi connectivity index (χ0n) is 17.7. The molecule has 1 heterocycles. The number of ether oxygens (including phenoxy) is 1. The lowest BCUT2D eigenvalue weighted by molar-refractivity contribution is -0.139. The minimum Gasteiger partial charge on any atom is -0.480 e. The summed E-state index contributed by atoms with van der Waals surface area (Å²) < 4.78 is 6.02. The zero-order chi connectivity index (χ0) is 22.5. The molecule has 32 heavy (non-hydrogen) atoms. The fraction of sp³-hybridized carbons (Fsp3) is 0.200. The second-order valence-electron chi connectivity index (χ2n) is 7.57. The van der Waals surface area contributed by atoms with Crippen LogP contribution in [-0.4, -0.2) is 22.9 Å². The Morgan fingerprint density at radius 3 is 2.50 bits per heavy atom. The van der Waals surface area contributed by atoms with Gasteiger partial charge in [0.15, 0.2) is 6.10 Å². The number of urea groups is 1. The quantitative estimate of drug-likeness (QED) is 0.526. The first-order chi connectivity index (χ1) is 15.5. The van der Waals surface area contributed by atoms with Crippen molar-refractivity contribution >= 4 is 34.9 Å². The molecule has 0 radical (unpaired) electrons. The fourth-order valence-corrected chi connectivity index (χ4v) is 3.82. The molecule has 4 rings (SSSR count). The number of amides is 3. The number of nitrogens with zero attached hydrogens (tertiary/aromatic N) is 1. The molecule has 2 N–H and O–H groups in total. The van der Waals surface area contributed by atoms with Crippen LogP contribution in [0.1, 0.15) is 24.5 Å². The van der Waals surface area contributed by atoms with Crippen LogP contribution in [0.15, 0.2) is 72.8 Å². The summed E-state index contributed by atoms with van der Waals surface area (Å²) in [6.45, 7) is 2.65. The van der Waals surface area contributed by atoms with E-state index < -0.39 is 6.10 Å². The Labute approximate surface area is 192 Å². The molecule has 0 spiro atoms. The standard InChI is InChI=1S/C25H24ClN3O3/c1-2-22-24(30)29(15-17-8-6-7-11-21(17)26)16-18-14-20(12-13-23(18)32-22)28-25(31)27-19-9-4-3-5-10-19/h3-14,22H,2,15-16H2,1H3,(H2,27,28,31). The van der Waals surface area contributed by atoms with Crippen LogP contribution in [0, 0.1) is 0 Å². The number of carbonyl (C=O) groups excluding carboxylic acids is 2. The first-order valence-electron chi connectivity index (χ1n) is 10.5. The summed E-state index contributed by atoms with van der Waals surface area (Å²) in [5, 5.41) is 6.25. The summed E-state index contributed by atoms with van der Waals surface area (Å²) in [5.74, 6) is 0.556. The monoisotopic (exact) mass is 449 g/mol. The maximum atomic E-state index is 13.1. The number of hydrogen-bond acceptors (Lipinski definition) is 3. The number of halogens is 1. The molecule has 0 aliphatic carbocycles. The zero-order valence-corrected chi connectivity index (χ0v) is 18.4. The summed E-state index contributed by atoms with van der Waals surface area (Å²) in [6, 6.07) is 21.8. The molecule has 0 fully saturated rings. The van der Waals surface area contributed by atoms with Gasteiger partial charge in [0.2, 0.25) is 0 Å². The van der Waals surface area contributed by atoms with Gasteiger partial charge < -0.3 is 20.3 Å². The summed E-state index contributed by atoms with van der Waals surface area (Å²) in [4.78, 5) is 27.2. The van der Waals surface area contributed by atoms with Crippen molar-refractivity contribution in [1.29, 1.82) is 0 Å². The highest BCUT2D eigenvalue weighted by molar-refractivity contribution is 6.31. The average molecular weight is 450 g/mol. The number of fused-ring (bicyclic) bond motifs is 1. The molecule has 0 bridgehead atoms. The fourth-order valence-electron chi connectivity index (χ4n) is 3.63. The van der Waals surface area contributed by atoms with E-state index in [4.69, 9.17) is 16.3 Å². The van der Waals surface area contributed by atoms with Crippen LogP contribution in [0.3, 0.4) is 0 Å². The Kier molecular flexibility index (Phi) is 6.61. The van der Waals surface area contributed by atoms with Crippen molar-refractivity contribution in [3.05, 3.63) is 88.9 Å². The number of benzene rings is 3. The van der Waals surface area contributed by atoms with Gasteiger partial charge in [-0.25, -0.2) is 4.79 Å². The molecule has 1 unspecified atom stereocenters. The molecule has 0 saturated heterocycles. The third-order valence-corrected chi connectivity index (χ3v) is 5.63. The van der Waals surface area contributed by atoms with Gasteiger partial charge in [-0.3, -0.25) is 4.79 Å². The van der Waals surface area contributed by atoms with Crippen LogP contribution in [0.5, 0.6) is 5.75 Å². The Morgan fingerprint density at radius 1 is 1.03 bits per heavy atom. The van der Waals surface area contributed by atoms with Crippen LogP contribution >= 0.6 is 11.6 Å². The van der Waals surface area contributed by atoms with Gasteiger partial charge in [0.25, 0.3) is 5.91 Å². The second kappa shape index (κ2) is 9.75. The van der Waals surface area contributed by atoms with E-state index in [1.165, 1.54) is 0 Å². The van der Waals surface area contributed by atoms with Crippen LogP contribution in [0.2, 0.25) is 5.02 Å². The maximum Gasteiger partial charge on any atom is 0.323 e. The van der Waals surface area contributed by atoms with Gasteiger partial charge in [0.1, 0.15) is 5.75 Å². The normalized spacial score (nSPS) is 15.4. The maximum absolute atomic E-state index is 13.1. The minimum atomic E-state index is -0.570. The molecular weight excluding hydrogens is 426 g/mol. The van der Waals surface area contributed by atoms with E-state index in [0.717, 1.165) is 11.1 Å². The van der Waals surface area contributed by atoms with E-state index in [1.54, 1.807) is 17.0 Å². The molecular formula is C25H24ClN3O3. The lowest BCUT2D eigenvalue weighted by atomic mass is 10.1. The van der Waals surface area contributed by atoms with E-state index in [1.807, 2.05) is 67.6 Å².